The highest BCUT2D eigenvalue weighted by atomic mass is 32.3. The van der Waals surface area contributed by atoms with Crippen molar-refractivity contribution in [3.05, 3.63) is 29.8 Å². The number of nitrogens with zero attached hydrogens (tertiary/aromatic N) is 1. The van der Waals surface area contributed by atoms with Crippen LogP contribution in [0.4, 0.5) is 0 Å². The fourth-order valence-corrected chi connectivity index (χ4v) is 3.60. The van der Waals surface area contributed by atoms with Crippen LogP contribution in [0.15, 0.2) is 29.4 Å². The Hall–Kier alpha value is -1.45. The molecule has 1 aliphatic heterocycles. The third kappa shape index (κ3) is 6.29. The van der Waals surface area contributed by atoms with Crippen molar-refractivity contribution in [2.45, 2.75) is 36.3 Å². The van der Waals surface area contributed by atoms with E-state index >= 15 is 0 Å². The Labute approximate surface area is 158 Å². The van der Waals surface area contributed by atoms with Gasteiger partial charge in [-0.25, -0.2) is 4.28 Å². The minimum atomic E-state index is -4.88. The average Bonchev–Trinajstić information content (AvgIpc) is 2.61. The number of aromatic hydroxyl groups is 1. The Kier molecular flexibility index (Phi) is 7.41. The van der Waals surface area contributed by atoms with Crippen LogP contribution in [-0.4, -0.2) is 80.0 Å². The molecule has 1 aromatic rings. The van der Waals surface area contributed by atoms with E-state index in [9.17, 15) is 34.0 Å². The molecule has 13 heteroatoms. The Morgan fingerprint density at radius 2 is 1.78 bits per heavy atom. The van der Waals surface area contributed by atoms with E-state index in [0.29, 0.717) is 17.3 Å². The number of hydrogen-bond donors (Lipinski definition) is 6. The van der Waals surface area contributed by atoms with E-state index in [-0.39, 0.29) is 17.2 Å². The molecule has 0 aliphatic carbocycles. The number of rotatable bonds is 6. The highest BCUT2D eigenvalue weighted by Gasteiger charge is 2.44. The van der Waals surface area contributed by atoms with Crippen LogP contribution in [-0.2, 0) is 25.8 Å². The molecule has 2 rings (SSSR count). The minimum Gasteiger partial charge on any atom is -0.508 e. The molecular formula is C14H19NO10S2. The van der Waals surface area contributed by atoms with Crippen LogP contribution in [0.5, 0.6) is 5.75 Å². The van der Waals surface area contributed by atoms with Crippen LogP contribution >= 0.6 is 11.8 Å². The molecule has 1 heterocycles. The number of ether oxygens (including phenoxy) is 1. The highest BCUT2D eigenvalue weighted by Crippen LogP contribution is 2.30. The lowest BCUT2D eigenvalue weighted by atomic mass is 10.0. The fourth-order valence-electron chi connectivity index (χ4n) is 2.27. The van der Waals surface area contributed by atoms with Gasteiger partial charge in [-0.15, -0.1) is 0 Å². The zero-order valence-corrected chi connectivity index (χ0v) is 15.3. The molecule has 1 fully saturated rings. The van der Waals surface area contributed by atoms with Crippen molar-refractivity contribution in [3.63, 3.8) is 0 Å². The topological polar surface area (TPSA) is 186 Å². The molecule has 152 valence electrons. The maximum atomic E-state index is 10.8. The number of phenolic OH excluding ortho intramolecular Hbond substituents is 1. The monoisotopic (exact) mass is 425 g/mol. The lowest BCUT2D eigenvalue weighted by Gasteiger charge is -2.39. The summed E-state index contributed by atoms with van der Waals surface area (Å²) in [6.07, 6.45) is -5.93. The molecule has 0 spiro atoms. The van der Waals surface area contributed by atoms with Gasteiger partial charge in [-0.05, 0) is 17.7 Å². The summed E-state index contributed by atoms with van der Waals surface area (Å²) in [5.74, 6) is 0.00742. The number of benzene rings is 1. The van der Waals surface area contributed by atoms with Crippen molar-refractivity contribution in [3.8, 4) is 5.75 Å². The van der Waals surface area contributed by atoms with Crippen molar-refractivity contribution in [1.82, 2.24) is 0 Å². The molecule has 11 nitrogen and oxygen atoms in total. The first-order valence-electron chi connectivity index (χ1n) is 7.58. The van der Waals surface area contributed by atoms with Crippen molar-refractivity contribution < 1.29 is 47.5 Å². The second-order valence-corrected chi connectivity index (χ2v) is 7.82. The molecule has 0 aromatic heterocycles. The van der Waals surface area contributed by atoms with E-state index in [1.807, 2.05) is 0 Å². The molecule has 1 aromatic carbocycles. The smallest absolute Gasteiger partial charge is 0.466 e. The summed E-state index contributed by atoms with van der Waals surface area (Å²) in [6.45, 7) is -0.631. The predicted octanol–water partition coefficient (Wildman–Crippen LogP) is -1.40. The summed E-state index contributed by atoms with van der Waals surface area (Å²) in [5, 5.41) is 51.4. The van der Waals surface area contributed by atoms with E-state index < -0.39 is 46.9 Å². The van der Waals surface area contributed by atoms with Gasteiger partial charge in [-0.3, -0.25) is 4.55 Å². The standard InChI is InChI=1S/C14H19NO10S2/c16-6-9-11(18)12(19)13(20)14(24-9)26-10(15-25-27(21,22)23)5-7-1-3-8(17)4-2-7/h1-4,9,11-14,16-20H,5-6H2,(H,21,22,23)/b15-10+/t9-,11-,12-,13+,14+/m0/s1. The van der Waals surface area contributed by atoms with Gasteiger partial charge < -0.3 is 30.3 Å². The lowest BCUT2D eigenvalue weighted by Crippen LogP contribution is -2.57. The summed E-state index contributed by atoms with van der Waals surface area (Å²) in [5.41, 5.74) is -0.649. The maximum absolute atomic E-state index is 10.8. The van der Waals surface area contributed by atoms with Crippen LogP contribution in [0.2, 0.25) is 0 Å². The number of oxime groups is 1. The largest absolute Gasteiger partial charge is 0.508 e. The number of aliphatic hydroxyl groups is 4. The van der Waals surface area contributed by atoms with Crippen molar-refractivity contribution in [1.29, 1.82) is 0 Å². The van der Waals surface area contributed by atoms with Crippen molar-refractivity contribution in [2.24, 2.45) is 5.16 Å². The normalized spacial score (nSPS) is 29.5. The average molecular weight is 425 g/mol. The minimum absolute atomic E-state index is 0.00742. The van der Waals surface area contributed by atoms with Gasteiger partial charge in [0.15, 0.2) is 0 Å². The van der Waals surface area contributed by atoms with Gasteiger partial charge in [0, 0.05) is 6.42 Å². The number of phenols is 1. The van der Waals surface area contributed by atoms with E-state index in [1.54, 1.807) is 0 Å². The summed E-state index contributed by atoms with van der Waals surface area (Å²) in [6, 6.07) is 5.81. The Morgan fingerprint density at radius 3 is 2.33 bits per heavy atom. The third-order valence-corrected chi connectivity index (χ3v) is 5.00. The first kappa shape index (κ1) is 21.8. The van der Waals surface area contributed by atoms with Gasteiger partial charge in [0.05, 0.1) is 6.61 Å². The summed E-state index contributed by atoms with van der Waals surface area (Å²) in [7, 11) is -4.88. The van der Waals surface area contributed by atoms with E-state index in [2.05, 4.69) is 9.44 Å². The molecule has 1 saturated heterocycles. The quantitative estimate of drug-likeness (QED) is 0.136. The van der Waals surface area contributed by atoms with Gasteiger partial charge in [-0.1, -0.05) is 29.1 Å². The molecule has 0 bridgehead atoms. The number of thioether (sulfide) groups is 1. The summed E-state index contributed by atoms with van der Waals surface area (Å²) >= 11 is 0.671. The summed E-state index contributed by atoms with van der Waals surface area (Å²) in [4.78, 5) is 0. The van der Waals surface area contributed by atoms with Gasteiger partial charge in [0.1, 0.15) is 40.6 Å². The predicted molar refractivity (Wildman–Crippen MR) is 93.2 cm³/mol. The second-order valence-electron chi connectivity index (χ2n) is 5.65. The summed E-state index contributed by atoms with van der Waals surface area (Å²) < 4.78 is 39.6. The van der Waals surface area contributed by atoms with Crippen LogP contribution in [0.3, 0.4) is 0 Å². The molecule has 27 heavy (non-hydrogen) atoms. The Bertz CT molecular complexity index is 752. The van der Waals surface area contributed by atoms with Gasteiger partial charge >= 0.3 is 10.4 Å². The molecule has 6 N–H and O–H groups in total. The highest BCUT2D eigenvalue weighted by molar-refractivity contribution is 8.14. The zero-order valence-electron chi connectivity index (χ0n) is 13.7. The first-order chi connectivity index (χ1) is 12.6. The Balaban J connectivity index is 2.20. The van der Waals surface area contributed by atoms with Crippen LogP contribution in [0.25, 0.3) is 0 Å². The molecule has 0 unspecified atom stereocenters. The van der Waals surface area contributed by atoms with E-state index in [0.717, 1.165) is 0 Å². The second kappa shape index (κ2) is 9.16. The van der Waals surface area contributed by atoms with Crippen LogP contribution in [0.1, 0.15) is 5.56 Å². The fraction of sp³-hybridized carbons (Fsp3) is 0.500. The molecular weight excluding hydrogens is 406 g/mol. The molecule has 0 radical (unpaired) electrons. The third-order valence-electron chi connectivity index (χ3n) is 3.63. The van der Waals surface area contributed by atoms with Gasteiger partial charge in [0.25, 0.3) is 0 Å². The molecule has 0 saturated carbocycles. The molecule has 0 amide bonds. The molecule has 1 aliphatic rings. The lowest BCUT2D eigenvalue weighted by molar-refractivity contribution is -0.205. The maximum Gasteiger partial charge on any atom is 0.466 e. The van der Waals surface area contributed by atoms with Gasteiger partial charge in [0.2, 0.25) is 0 Å². The number of hydrogen-bond acceptors (Lipinski definition) is 11. The SMILES string of the molecule is O=S(=O)(O)O/N=C(\Cc1ccc(O)cc1)S[C@H]1O[C@@H](CO)[C@H](O)[C@H](O)[C@H]1O. The van der Waals surface area contributed by atoms with Crippen LogP contribution < -0.4 is 0 Å². The molecule has 5 atom stereocenters. The van der Waals surface area contributed by atoms with Crippen molar-refractivity contribution in [2.75, 3.05) is 6.61 Å². The van der Waals surface area contributed by atoms with Crippen LogP contribution in [0, 0.1) is 0 Å². The Morgan fingerprint density at radius 1 is 1.15 bits per heavy atom. The number of aliphatic hydroxyl groups excluding tert-OH is 4. The van der Waals surface area contributed by atoms with Gasteiger partial charge in [-0.2, -0.15) is 8.42 Å². The van der Waals surface area contributed by atoms with Crippen molar-refractivity contribution >= 4 is 27.2 Å². The first-order valence-corrected chi connectivity index (χ1v) is 9.83. The van der Waals surface area contributed by atoms with E-state index in [4.69, 9.17) is 9.29 Å². The zero-order chi connectivity index (χ0) is 20.2. The van der Waals surface area contributed by atoms with E-state index in [1.165, 1.54) is 24.3 Å².